The number of hydrogen-bond donors (Lipinski definition) is 0. The van der Waals surface area contributed by atoms with Crippen LogP contribution in [0, 0.1) is 0 Å². The first-order valence-electron chi connectivity index (χ1n) is 10.2. The van der Waals surface area contributed by atoms with E-state index in [2.05, 4.69) is 44.0 Å². The number of aromatic nitrogens is 1. The molecule has 0 fully saturated rings. The smallest absolute Gasteiger partial charge is 0.254 e. The van der Waals surface area contributed by atoms with Crippen LogP contribution >= 0.6 is 11.6 Å². The quantitative estimate of drug-likeness (QED) is 0.411. The first-order chi connectivity index (χ1) is 14.3. The predicted molar refractivity (Wildman–Crippen MR) is 125 cm³/mol. The molecule has 0 unspecified atom stereocenters. The Bertz CT molecular complexity index is 1010. The highest BCUT2D eigenvalue weighted by molar-refractivity contribution is 6.30. The summed E-state index contributed by atoms with van der Waals surface area (Å²) in [6.45, 7) is 12.1. The van der Waals surface area contributed by atoms with Gasteiger partial charge in [-0.2, -0.15) is 0 Å². The number of nitrogens with zero attached hydrogens (tertiary/aromatic N) is 2. The molecule has 3 nitrogen and oxygen atoms in total. The van der Waals surface area contributed by atoms with Crippen molar-refractivity contribution in [3.05, 3.63) is 107 Å². The van der Waals surface area contributed by atoms with Crippen LogP contribution in [0.3, 0.4) is 0 Å². The minimum Gasteiger partial charge on any atom is -0.345 e. The van der Waals surface area contributed by atoms with Gasteiger partial charge in [0, 0.05) is 35.6 Å². The first-order valence-corrected chi connectivity index (χ1v) is 10.5. The SMILES string of the molecule is C=CCN(Cc1cccn1Cc1cccc(Cl)c1)C(=O)c1ccc(C(C)(C)C)cc1. The fourth-order valence-electron chi connectivity index (χ4n) is 3.45. The molecule has 0 spiro atoms. The van der Waals surface area contributed by atoms with E-state index in [1.54, 1.807) is 6.08 Å². The second kappa shape index (κ2) is 9.36. The van der Waals surface area contributed by atoms with Gasteiger partial charge in [-0.1, -0.05) is 62.7 Å². The monoisotopic (exact) mass is 420 g/mol. The van der Waals surface area contributed by atoms with Crippen LogP contribution in [0.25, 0.3) is 0 Å². The Morgan fingerprint density at radius 2 is 1.83 bits per heavy atom. The maximum Gasteiger partial charge on any atom is 0.254 e. The van der Waals surface area contributed by atoms with Crippen molar-refractivity contribution in [2.45, 2.75) is 39.3 Å². The van der Waals surface area contributed by atoms with E-state index in [1.807, 2.05) is 59.6 Å². The molecule has 1 heterocycles. The Labute approximate surface area is 184 Å². The summed E-state index contributed by atoms with van der Waals surface area (Å²) < 4.78 is 2.15. The van der Waals surface area contributed by atoms with E-state index in [-0.39, 0.29) is 11.3 Å². The third-order valence-electron chi connectivity index (χ3n) is 5.15. The zero-order valence-electron chi connectivity index (χ0n) is 17.9. The maximum absolute atomic E-state index is 13.2. The average molecular weight is 421 g/mol. The second-order valence-corrected chi connectivity index (χ2v) is 9.00. The molecule has 156 valence electrons. The summed E-state index contributed by atoms with van der Waals surface area (Å²) in [6, 6.07) is 19.8. The van der Waals surface area contributed by atoms with Crippen molar-refractivity contribution in [3.8, 4) is 0 Å². The van der Waals surface area contributed by atoms with Gasteiger partial charge in [-0.3, -0.25) is 4.79 Å². The summed E-state index contributed by atoms with van der Waals surface area (Å²) in [5.74, 6) is 0.00543. The maximum atomic E-state index is 13.2. The molecule has 0 aliphatic carbocycles. The van der Waals surface area contributed by atoms with Crippen LogP contribution in [-0.4, -0.2) is 21.9 Å². The van der Waals surface area contributed by atoms with Gasteiger partial charge in [0.25, 0.3) is 5.91 Å². The van der Waals surface area contributed by atoms with Crippen LogP contribution in [0.1, 0.15) is 48.0 Å². The molecule has 3 aromatic rings. The lowest BCUT2D eigenvalue weighted by atomic mass is 9.86. The van der Waals surface area contributed by atoms with Gasteiger partial charge in [0.15, 0.2) is 0 Å². The third-order valence-corrected chi connectivity index (χ3v) is 5.39. The van der Waals surface area contributed by atoms with Gasteiger partial charge >= 0.3 is 0 Å². The van der Waals surface area contributed by atoms with Crippen molar-refractivity contribution in [1.29, 1.82) is 0 Å². The summed E-state index contributed by atoms with van der Waals surface area (Å²) >= 11 is 6.13. The molecule has 3 rings (SSSR count). The number of carbonyl (C=O) groups is 1. The van der Waals surface area contributed by atoms with Crippen molar-refractivity contribution < 1.29 is 4.79 Å². The van der Waals surface area contributed by atoms with Gasteiger partial charge in [0.2, 0.25) is 0 Å². The topological polar surface area (TPSA) is 25.2 Å². The van der Waals surface area contributed by atoms with Gasteiger partial charge in [-0.25, -0.2) is 0 Å². The lowest BCUT2D eigenvalue weighted by molar-refractivity contribution is 0.0759. The molecule has 1 amide bonds. The lowest BCUT2D eigenvalue weighted by Crippen LogP contribution is -2.31. The highest BCUT2D eigenvalue weighted by Gasteiger charge is 2.19. The van der Waals surface area contributed by atoms with Crippen LogP contribution in [0.15, 0.2) is 79.5 Å². The molecule has 0 radical (unpaired) electrons. The lowest BCUT2D eigenvalue weighted by Gasteiger charge is -2.23. The number of amides is 1. The molecular weight excluding hydrogens is 392 g/mol. The summed E-state index contributed by atoms with van der Waals surface area (Å²) in [7, 11) is 0. The molecule has 0 saturated carbocycles. The van der Waals surface area contributed by atoms with E-state index in [1.165, 1.54) is 5.56 Å². The van der Waals surface area contributed by atoms with E-state index < -0.39 is 0 Å². The zero-order valence-corrected chi connectivity index (χ0v) is 18.7. The van der Waals surface area contributed by atoms with E-state index in [0.717, 1.165) is 16.3 Å². The fraction of sp³-hybridized carbons (Fsp3) is 0.269. The molecule has 2 aromatic carbocycles. The molecule has 0 bridgehead atoms. The molecule has 0 saturated heterocycles. The normalized spacial score (nSPS) is 11.3. The van der Waals surface area contributed by atoms with Crippen molar-refractivity contribution in [2.75, 3.05) is 6.54 Å². The summed E-state index contributed by atoms with van der Waals surface area (Å²) in [5, 5.41) is 0.725. The highest BCUT2D eigenvalue weighted by atomic mass is 35.5. The van der Waals surface area contributed by atoms with Crippen molar-refractivity contribution in [2.24, 2.45) is 0 Å². The van der Waals surface area contributed by atoms with E-state index in [9.17, 15) is 4.79 Å². The molecule has 30 heavy (non-hydrogen) atoms. The third kappa shape index (κ3) is 5.43. The largest absolute Gasteiger partial charge is 0.345 e. The number of hydrogen-bond acceptors (Lipinski definition) is 1. The highest BCUT2D eigenvalue weighted by Crippen LogP contribution is 2.23. The summed E-state index contributed by atoms with van der Waals surface area (Å²) in [5.41, 5.74) is 4.15. The number of benzene rings is 2. The number of halogens is 1. The van der Waals surface area contributed by atoms with Gasteiger partial charge < -0.3 is 9.47 Å². The molecule has 0 aliphatic rings. The summed E-state index contributed by atoms with van der Waals surface area (Å²) in [4.78, 5) is 15.0. The van der Waals surface area contributed by atoms with Crippen LogP contribution in [-0.2, 0) is 18.5 Å². The minimum absolute atomic E-state index is 0.00543. The first kappa shape index (κ1) is 21.9. The Morgan fingerprint density at radius 3 is 2.47 bits per heavy atom. The Balaban J connectivity index is 1.78. The van der Waals surface area contributed by atoms with Gasteiger partial charge in [-0.15, -0.1) is 6.58 Å². The van der Waals surface area contributed by atoms with Gasteiger partial charge in [0.05, 0.1) is 6.54 Å². The van der Waals surface area contributed by atoms with Crippen LogP contribution in [0.2, 0.25) is 5.02 Å². The van der Waals surface area contributed by atoms with Gasteiger partial charge in [-0.05, 0) is 52.9 Å². The molecule has 0 aliphatic heterocycles. The Morgan fingerprint density at radius 1 is 1.10 bits per heavy atom. The van der Waals surface area contributed by atoms with Crippen molar-refractivity contribution in [1.82, 2.24) is 9.47 Å². The predicted octanol–water partition coefficient (Wildman–Crippen LogP) is 6.32. The van der Waals surface area contributed by atoms with E-state index in [4.69, 9.17) is 11.6 Å². The van der Waals surface area contributed by atoms with Gasteiger partial charge in [0.1, 0.15) is 0 Å². The molecule has 0 N–H and O–H groups in total. The number of carbonyl (C=O) groups excluding carboxylic acids is 1. The van der Waals surface area contributed by atoms with Crippen molar-refractivity contribution >= 4 is 17.5 Å². The standard InChI is InChI=1S/C26H29ClN2O/c1-5-15-29(25(30)21-11-13-22(14-12-21)26(2,3)4)19-24-10-7-16-28(24)18-20-8-6-9-23(27)17-20/h5-14,16-17H,1,15,18-19H2,2-4H3. The van der Waals surface area contributed by atoms with Crippen LogP contribution < -0.4 is 0 Å². The molecule has 4 heteroatoms. The Hall–Kier alpha value is -2.78. The minimum atomic E-state index is 0.00543. The van der Waals surface area contributed by atoms with E-state index >= 15 is 0 Å². The zero-order chi connectivity index (χ0) is 21.7. The van der Waals surface area contributed by atoms with Crippen molar-refractivity contribution in [3.63, 3.8) is 0 Å². The molecular formula is C26H29ClN2O. The van der Waals surface area contributed by atoms with E-state index in [0.29, 0.717) is 25.2 Å². The van der Waals surface area contributed by atoms with Crippen LogP contribution in [0.4, 0.5) is 0 Å². The summed E-state index contributed by atoms with van der Waals surface area (Å²) in [6.07, 6.45) is 3.80. The fourth-order valence-corrected chi connectivity index (χ4v) is 3.66. The molecule has 1 aromatic heterocycles. The average Bonchev–Trinajstić information content (AvgIpc) is 3.13. The molecule has 0 atom stereocenters. The van der Waals surface area contributed by atoms with Crippen LogP contribution in [0.5, 0.6) is 0 Å². The number of rotatable bonds is 7. The second-order valence-electron chi connectivity index (χ2n) is 8.56. The Kier molecular flexibility index (Phi) is 6.84.